The van der Waals surface area contributed by atoms with Gasteiger partial charge in [-0.25, -0.2) is 4.98 Å². The average Bonchev–Trinajstić information content (AvgIpc) is 2.97. The molecule has 8 heteroatoms. The van der Waals surface area contributed by atoms with Crippen LogP contribution in [0.1, 0.15) is 32.0 Å². The third-order valence-corrected chi connectivity index (χ3v) is 3.91. The van der Waals surface area contributed by atoms with E-state index in [1.54, 1.807) is 30.7 Å². The highest BCUT2D eigenvalue weighted by Crippen LogP contribution is 2.23. The molecule has 6 nitrogen and oxygen atoms in total. The molecule has 0 radical (unpaired) electrons. The third kappa shape index (κ3) is 6.36. The fraction of sp³-hybridized carbons (Fsp3) is 0.353. The highest BCUT2D eigenvalue weighted by molar-refractivity contribution is 7.13. The molecule has 25 heavy (non-hydrogen) atoms. The maximum absolute atomic E-state index is 11.4. The van der Waals surface area contributed by atoms with Crippen LogP contribution in [0.25, 0.3) is 0 Å². The molecule has 1 heterocycles. The molecule has 134 valence electrons. The van der Waals surface area contributed by atoms with Crippen LogP contribution in [0.3, 0.4) is 0 Å². The van der Waals surface area contributed by atoms with E-state index in [4.69, 9.17) is 21.1 Å². The van der Waals surface area contributed by atoms with E-state index in [0.717, 1.165) is 5.56 Å². The Morgan fingerprint density at radius 1 is 1.48 bits per heavy atom. The van der Waals surface area contributed by atoms with E-state index in [1.807, 2.05) is 19.9 Å². The van der Waals surface area contributed by atoms with Gasteiger partial charge in [-0.1, -0.05) is 11.6 Å². The van der Waals surface area contributed by atoms with E-state index in [-0.39, 0.29) is 18.5 Å². The number of rotatable bonds is 8. The number of aromatic nitrogens is 1. The third-order valence-electron chi connectivity index (χ3n) is 2.88. The number of ether oxygens (including phenoxy) is 2. The van der Waals surface area contributed by atoms with Crippen LogP contribution in [0, 0.1) is 0 Å². The maximum atomic E-state index is 11.4. The van der Waals surface area contributed by atoms with Gasteiger partial charge in [0.05, 0.1) is 31.0 Å². The van der Waals surface area contributed by atoms with E-state index in [9.17, 15) is 4.79 Å². The molecule has 0 bridgehead atoms. The minimum atomic E-state index is -0.294. The van der Waals surface area contributed by atoms with Crippen molar-refractivity contribution in [3.05, 3.63) is 39.9 Å². The molecule has 1 aromatic heterocycles. The highest BCUT2D eigenvalue weighted by atomic mass is 35.5. The monoisotopic (exact) mass is 381 g/mol. The number of anilines is 1. The minimum absolute atomic E-state index is 0.0469. The first-order valence-electron chi connectivity index (χ1n) is 7.83. The van der Waals surface area contributed by atoms with Crippen LogP contribution in [0.15, 0.2) is 28.7 Å². The number of hydrogen-bond acceptors (Lipinski definition) is 7. The number of esters is 1. The number of nitrogens with zero attached hydrogens (tertiary/aromatic N) is 2. The van der Waals surface area contributed by atoms with Crippen LogP contribution in [-0.2, 0) is 16.0 Å². The molecule has 2 rings (SSSR count). The molecule has 0 spiro atoms. The zero-order valence-corrected chi connectivity index (χ0v) is 15.9. The summed E-state index contributed by atoms with van der Waals surface area (Å²) in [6, 6.07) is 5.36. The summed E-state index contributed by atoms with van der Waals surface area (Å²) in [5.74, 6) is 0.407. The molecule has 0 saturated heterocycles. The van der Waals surface area contributed by atoms with Gasteiger partial charge >= 0.3 is 5.97 Å². The second kappa shape index (κ2) is 9.39. The first kappa shape index (κ1) is 19.2. The molecule has 0 atom stereocenters. The van der Waals surface area contributed by atoms with E-state index < -0.39 is 0 Å². The molecule has 0 aliphatic carbocycles. The van der Waals surface area contributed by atoms with Crippen LogP contribution < -0.4 is 10.2 Å². The molecule has 0 unspecified atom stereocenters. The van der Waals surface area contributed by atoms with Crippen molar-refractivity contribution in [2.24, 2.45) is 5.10 Å². The minimum Gasteiger partial charge on any atom is -0.490 e. The molecular weight excluding hydrogens is 362 g/mol. The van der Waals surface area contributed by atoms with Crippen molar-refractivity contribution in [3.63, 3.8) is 0 Å². The number of benzene rings is 1. The van der Waals surface area contributed by atoms with Crippen molar-refractivity contribution in [3.8, 4) is 5.75 Å². The molecule has 1 N–H and O–H groups in total. The van der Waals surface area contributed by atoms with E-state index >= 15 is 0 Å². The maximum Gasteiger partial charge on any atom is 0.311 e. The zero-order valence-electron chi connectivity index (χ0n) is 14.3. The van der Waals surface area contributed by atoms with Crippen LogP contribution in [0.5, 0.6) is 5.75 Å². The summed E-state index contributed by atoms with van der Waals surface area (Å²) in [5, 5.41) is 7.15. The summed E-state index contributed by atoms with van der Waals surface area (Å²) in [6.07, 6.45) is 1.82. The highest BCUT2D eigenvalue weighted by Gasteiger charge is 2.08. The Morgan fingerprint density at radius 2 is 2.28 bits per heavy atom. The van der Waals surface area contributed by atoms with Crippen molar-refractivity contribution in [1.29, 1.82) is 0 Å². The number of hydrazone groups is 1. The lowest BCUT2D eigenvalue weighted by Gasteiger charge is -2.12. The van der Waals surface area contributed by atoms with Crippen LogP contribution in [0.2, 0.25) is 5.02 Å². The smallest absolute Gasteiger partial charge is 0.311 e. The second-order valence-corrected chi connectivity index (χ2v) is 6.64. The van der Waals surface area contributed by atoms with Gasteiger partial charge in [-0.3, -0.25) is 10.2 Å². The first-order chi connectivity index (χ1) is 12.0. The normalized spacial score (nSPS) is 11.1. The van der Waals surface area contributed by atoms with Gasteiger partial charge in [0, 0.05) is 16.0 Å². The molecule has 1 aromatic carbocycles. The van der Waals surface area contributed by atoms with E-state index in [2.05, 4.69) is 15.5 Å². The SMILES string of the molecule is CCOC(=O)Cc1csc(NN=Cc2cc(Cl)ccc2OC(C)C)n1. The molecular formula is C17H20ClN3O3S. The van der Waals surface area contributed by atoms with Crippen molar-refractivity contribution in [1.82, 2.24) is 4.98 Å². The Kier molecular flexibility index (Phi) is 7.21. The lowest BCUT2D eigenvalue weighted by Crippen LogP contribution is -2.08. The standard InChI is InChI=1S/C17H20ClN3O3S/c1-4-23-16(22)8-14-10-25-17(20-14)21-19-9-12-7-13(18)5-6-15(12)24-11(2)3/h5-7,9-11H,4,8H2,1-3H3,(H,20,21). The van der Waals surface area contributed by atoms with Gasteiger partial charge < -0.3 is 9.47 Å². The predicted molar refractivity (Wildman–Crippen MR) is 101 cm³/mol. The Hall–Kier alpha value is -2.12. The Bertz CT molecular complexity index is 746. The summed E-state index contributed by atoms with van der Waals surface area (Å²) in [7, 11) is 0. The summed E-state index contributed by atoms with van der Waals surface area (Å²) in [5.41, 5.74) is 4.25. The quantitative estimate of drug-likeness (QED) is 0.422. The van der Waals surface area contributed by atoms with Crippen molar-refractivity contribution >= 4 is 40.3 Å². The molecule has 0 aliphatic heterocycles. The average molecular weight is 382 g/mol. The predicted octanol–water partition coefficient (Wildman–Crippen LogP) is 4.14. The molecule has 0 aliphatic rings. The Labute approximate surface area is 155 Å². The summed E-state index contributed by atoms with van der Waals surface area (Å²) in [6.45, 7) is 6.04. The Balaban J connectivity index is 2.00. The lowest BCUT2D eigenvalue weighted by atomic mass is 10.2. The summed E-state index contributed by atoms with van der Waals surface area (Å²) >= 11 is 7.40. The number of carbonyl (C=O) groups is 1. The van der Waals surface area contributed by atoms with Gasteiger partial charge in [0.1, 0.15) is 5.75 Å². The number of thiazole rings is 1. The van der Waals surface area contributed by atoms with Gasteiger partial charge in [0.2, 0.25) is 5.13 Å². The lowest BCUT2D eigenvalue weighted by molar-refractivity contribution is -0.142. The zero-order chi connectivity index (χ0) is 18.2. The number of carbonyl (C=O) groups excluding carboxylic acids is 1. The number of halogens is 1. The molecule has 0 saturated carbocycles. The van der Waals surface area contributed by atoms with E-state index in [1.165, 1.54) is 11.3 Å². The van der Waals surface area contributed by atoms with Gasteiger partial charge in [-0.15, -0.1) is 11.3 Å². The van der Waals surface area contributed by atoms with Crippen LogP contribution in [-0.4, -0.2) is 29.9 Å². The molecule has 2 aromatic rings. The van der Waals surface area contributed by atoms with Gasteiger partial charge in [0.25, 0.3) is 0 Å². The second-order valence-electron chi connectivity index (χ2n) is 5.34. The fourth-order valence-electron chi connectivity index (χ4n) is 1.94. The topological polar surface area (TPSA) is 72.8 Å². The van der Waals surface area contributed by atoms with Crippen molar-refractivity contribution in [2.75, 3.05) is 12.0 Å². The Morgan fingerprint density at radius 3 is 3.00 bits per heavy atom. The molecule has 0 fully saturated rings. The van der Waals surface area contributed by atoms with Gasteiger partial charge in [0.15, 0.2) is 0 Å². The number of hydrogen-bond donors (Lipinski definition) is 1. The first-order valence-corrected chi connectivity index (χ1v) is 9.09. The van der Waals surface area contributed by atoms with Gasteiger partial charge in [-0.2, -0.15) is 5.10 Å². The van der Waals surface area contributed by atoms with Gasteiger partial charge in [-0.05, 0) is 39.0 Å². The van der Waals surface area contributed by atoms with Crippen LogP contribution in [0.4, 0.5) is 5.13 Å². The molecule has 0 amide bonds. The van der Waals surface area contributed by atoms with E-state index in [0.29, 0.717) is 28.2 Å². The summed E-state index contributed by atoms with van der Waals surface area (Å²) < 4.78 is 10.6. The largest absolute Gasteiger partial charge is 0.490 e. The fourth-order valence-corrected chi connectivity index (χ4v) is 2.78. The van der Waals surface area contributed by atoms with Crippen molar-refractivity contribution in [2.45, 2.75) is 33.3 Å². The van der Waals surface area contributed by atoms with Crippen molar-refractivity contribution < 1.29 is 14.3 Å². The summed E-state index contributed by atoms with van der Waals surface area (Å²) in [4.78, 5) is 15.7. The number of nitrogens with one attached hydrogen (secondary N) is 1. The van der Waals surface area contributed by atoms with Crippen LogP contribution >= 0.6 is 22.9 Å².